The summed E-state index contributed by atoms with van der Waals surface area (Å²) in [5.41, 5.74) is 2.15. The van der Waals surface area contributed by atoms with Crippen molar-refractivity contribution in [2.75, 3.05) is 7.11 Å². The molecule has 0 radical (unpaired) electrons. The molecule has 3 aromatic carbocycles. The summed E-state index contributed by atoms with van der Waals surface area (Å²) in [5.74, 6) is 0.444. The summed E-state index contributed by atoms with van der Waals surface area (Å²) in [6.45, 7) is 0. The molecule has 182 valence electrons. The van der Waals surface area contributed by atoms with Gasteiger partial charge in [-0.3, -0.25) is 4.79 Å². The first kappa shape index (κ1) is 24.5. The minimum absolute atomic E-state index is 0.0142. The van der Waals surface area contributed by atoms with Crippen LogP contribution in [0.25, 0.3) is 0 Å². The maximum atomic E-state index is 12.6. The molecule has 3 unspecified atom stereocenters. The van der Waals surface area contributed by atoms with Crippen molar-refractivity contribution in [1.29, 1.82) is 0 Å². The largest absolute Gasteiger partial charge is 0.487 e. The van der Waals surface area contributed by atoms with Crippen LogP contribution in [0.15, 0.2) is 78.9 Å². The second-order valence-corrected chi connectivity index (χ2v) is 8.73. The van der Waals surface area contributed by atoms with Crippen molar-refractivity contribution in [3.8, 4) is 11.5 Å². The van der Waals surface area contributed by atoms with E-state index in [-0.39, 0.29) is 18.0 Å². The Labute approximate surface area is 205 Å². The molecule has 1 aliphatic carbocycles. The summed E-state index contributed by atoms with van der Waals surface area (Å²) in [4.78, 5) is 23.8. The van der Waals surface area contributed by atoms with Crippen molar-refractivity contribution in [2.45, 2.75) is 50.4 Å². The Hall–Kier alpha value is -3.64. The molecule has 1 saturated carbocycles. The number of benzene rings is 3. The highest BCUT2D eigenvalue weighted by Crippen LogP contribution is 2.28. The summed E-state index contributed by atoms with van der Waals surface area (Å²) in [5, 5.41) is 9.17. The second kappa shape index (κ2) is 11.7. The Bertz CT molecular complexity index is 1110. The molecule has 1 aliphatic rings. The smallest absolute Gasteiger partial charge is 0.333 e. The molecule has 6 heteroatoms. The van der Waals surface area contributed by atoms with Crippen LogP contribution in [0, 0.1) is 0 Å². The van der Waals surface area contributed by atoms with Crippen LogP contribution >= 0.6 is 0 Å². The third-order valence-corrected chi connectivity index (χ3v) is 6.27. The summed E-state index contributed by atoms with van der Waals surface area (Å²) in [6, 6.07) is 23.9. The van der Waals surface area contributed by atoms with Gasteiger partial charge >= 0.3 is 5.97 Å². The van der Waals surface area contributed by atoms with Gasteiger partial charge in [0.15, 0.2) is 11.9 Å². The molecular weight excluding hydrogens is 444 g/mol. The van der Waals surface area contributed by atoms with Gasteiger partial charge in [0, 0.05) is 24.7 Å². The molecular formula is C29H30O6. The molecule has 1 N–H and O–H groups in total. The lowest BCUT2D eigenvalue weighted by Gasteiger charge is -2.32. The van der Waals surface area contributed by atoms with Gasteiger partial charge in [-0.25, -0.2) is 4.79 Å². The standard InChI is InChI=1S/C29H30O6/c1-33-27(29(31)32)19-20-11-15-23(16-12-20)34-25-9-5-6-10-26(25)35-24-17-13-22(14-18-24)28(30)21-7-3-2-4-8-21/h2-4,7-8,11-18,25-27H,5-6,9-10,19H2,1H3,(H,31,32). The van der Waals surface area contributed by atoms with E-state index in [1.54, 1.807) is 12.1 Å². The Kier molecular flexibility index (Phi) is 8.16. The zero-order valence-electron chi connectivity index (χ0n) is 19.8. The Morgan fingerprint density at radius 2 is 1.31 bits per heavy atom. The number of carbonyl (C=O) groups is 2. The Balaban J connectivity index is 1.37. The maximum Gasteiger partial charge on any atom is 0.333 e. The monoisotopic (exact) mass is 474 g/mol. The van der Waals surface area contributed by atoms with E-state index in [1.165, 1.54) is 7.11 Å². The van der Waals surface area contributed by atoms with E-state index >= 15 is 0 Å². The Morgan fingerprint density at radius 1 is 0.800 bits per heavy atom. The first-order chi connectivity index (χ1) is 17.0. The van der Waals surface area contributed by atoms with Gasteiger partial charge in [-0.15, -0.1) is 0 Å². The average molecular weight is 475 g/mol. The number of rotatable bonds is 10. The number of carbonyl (C=O) groups excluding carboxylic acids is 1. The van der Waals surface area contributed by atoms with E-state index in [9.17, 15) is 9.59 Å². The lowest BCUT2D eigenvalue weighted by molar-refractivity contribution is -0.148. The zero-order chi connectivity index (χ0) is 24.6. The SMILES string of the molecule is COC(Cc1ccc(OC2CCCCC2Oc2ccc(C(=O)c3ccccc3)cc2)cc1)C(=O)O. The van der Waals surface area contributed by atoms with Crippen LogP contribution in [0.5, 0.6) is 11.5 Å². The van der Waals surface area contributed by atoms with Crippen molar-refractivity contribution in [3.63, 3.8) is 0 Å². The van der Waals surface area contributed by atoms with Crippen LogP contribution in [0.4, 0.5) is 0 Å². The fraction of sp³-hybridized carbons (Fsp3) is 0.310. The number of hydrogen-bond donors (Lipinski definition) is 1. The molecule has 1 fully saturated rings. The number of hydrogen-bond acceptors (Lipinski definition) is 5. The van der Waals surface area contributed by atoms with Crippen molar-refractivity contribution in [2.24, 2.45) is 0 Å². The lowest BCUT2D eigenvalue weighted by Crippen LogP contribution is -2.39. The lowest BCUT2D eigenvalue weighted by atomic mass is 9.94. The third-order valence-electron chi connectivity index (χ3n) is 6.27. The van der Waals surface area contributed by atoms with E-state index < -0.39 is 12.1 Å². The van der Waals surface area contributed by atoms with Crippen LogP contribution in [-0.4, -0.2) is 42.3 Å². The van der Waals surface area contributed by atoms with Gasteiger partial charge in [0.2, 0.25) is 0 Å². The Morgan fingerprint density at radius 3 is 1.83 bits per heavy atom. The molecule has 6 nitrogen and oxygen atoms in total. The molecule has 0 aromatic heterocycles. The predicted molar refractivity (Wildman–Crippen MR) is 132 cm³/mol. The van der Waals surface area contributed by atoms with E-state index in [0.717, 1.165) is 37.0 Å². The fourth-order valence-electron chi connectivity index (χ4n) is 4.31. The number of ether oxygens (including phenoxy) is 3. The highest BCUT2D eigenvalue weighted by atomic mass is 16.5. The topological polar surface area (TPSA) is 82.1 Å². The summed E-state index contributed by atoms with van der Waals surface area (Å²) in [6.07, 6.45) is 3.17. The summed E-state index contributed by atoms with van der Waals surface area (Å²) >= 11 is 0. The molecule has 0 aliphatic heterocycles. The van der Waals surface area contributed by atoms with E-state index in [1.807, 2.05) is 66.7 Å². The van der Waals surface area contributed by atoms with Crippen LogP contribution < -0.4 is 9.47 Å². The highest BCUT2D eigenvalue weighted by molar-refractivity contribution is 6.08. The molecule has 3 atom stereocenters. The summed E-state index contributed by atoms with van der Waals surface area (Å²) in [7, 11) is 1.40. The van der Waals surface area contributed by atoms with Gasteiger partial charge in [-0.2, -0.15) is 0 Å². The van der Waals surface area contributed by atoms with Gasteiger partial charge in [0.25, 0.3) is 0 Å². The highest BCUT2D eigenvalue weighted by Gasteiger charge is 2.29. The van der Waals surface area contributed by atoms with Crippen LogP contribution in [0.3, 0.4) is 0 Å². The average Bonchev–Trinajstić information content (AvgIpc) is 2.89. The van der Waals surface area contributed by atoms with Gasteiger partial charge in [0.05, 0.1) is 0 Å². The molecule has 0 heterocycles. The number of methoxy groups -OCH3 is 1. The van der Waals surface area contributed by atoms with Gasteiger partial charge in [-0.05, 0) is 67.6 Å². The molecule has 0 saturated heterocycles. The molecule has 4 rings (SSSR count). The quantitative estimate of drug-likeness (QED) is 0.400. The van der Waals surface area contributed by atoms with Gasteiger partial charge in [0.1, 0.15) is 23.7 Å². The third kappa shape index (κ3) is 6.49. The fourth-order valence-corrected chi connectivity index (χ4v) is 4.31. The number of carboxylic acids is 1. The molecule has 0 bridgehead atoms. The minimum Gasteiger partial charge on any atom is -0.487 e. The van der Waals surface area contributed by atoms with E-state index in [4.69, 9.17) is 19.3 Å². The van der Waals surface area contributed by atoms with Gasteiger partial charge in [-0.1, -0.05) is 42.5 Å². The summed E-state index contributed by atoms with van der Waals surface area (Å²) < 4.78 is 17.6. The second-order valence-electron chi connectivity index (χ2n) is 8.73. The van der Waals surface area contributed by atoms with Crippen molar-refractivity contribution < 1.29 is 28.9 Å². The molecule has 0 amide bonds. The number of aliphatic carboxylic acids is 1. The van der Waals surface area contributed by atoms with Crippen LogP contribution in [0.1, 0.15) is 47.2 Å². The molecule has 0 spiro atoms. The van der Waals surface area contributed by atoms with E-state index in [0.29, 0.717) is 23.3 Å². The van der Waals surface area contributed by atoms with Crippen molar-refractivity contribution >= 4 is 11.8 Å². The normalized spacial score (nSPS) is 18.4. The first-order valence-electron chi connectivity index (χ1n) is 11.9. The number of carboxylic acid groups (broad SMARTS) is 1. The maximum absolute atomic E-state index is 12.6. The molecule has 3 aromatic rings. The first-order valence-corrected chi connectivity index (χ1v) is 11.9. The zero-order valence-corrected chi connectivity index (χ0v) is 19.8. The van der Waals surface area contributed by atoms with Crippen LogP contribution in [-0.2, 0) is 16.0 Å². The van der Waals surface area contributed by atoms with E-state index in [2.05, 4.69) is 0 Å². The molecule has 35 heavy (non-hydrogen) atoms. The number of ketones is 1. The van der Waals surface area contributed by atoms with Crippen molar-refractivity contribution in [1.82, 2.24) is 0 Å². The van der Waals surface area contributed by atoms with Crippen LogP contribution in [0.2, 0.25) is 0 Å². The predicted octanol–water partition coefficient (Wildman–Crippen LogP) is 5.33. The minimum atomic E-state index is -0.979. The van der Waals surface area contributed by atoms with Crippen molar-refractivity contribution in [3.05, 3.63) is 95.6 Å². The van der Waals surface area contributed by atoms with Gasteiger partial charge < -0.3 is 19.3 Å².